The number of carbonyl (C=O) groups is 1. The van der Waals surface area contributed by atoms with Gasteiger partial charge in [0.2, 0.25) is 5.91 Å². The first kappa shape index (κ1) is 15.8. The van der Waals surface area contributed by atoms with E-state index in [1.165, 1.54) is 0 Å². The fraction of sp³-hybridized carbons (Fsp3) is 0.417. The van der Waals surface area contributed by atoms with Crippen LogP contribution < -0.4 is 5.32 Å². The molecule has 0 aliphatic carbocycles. The highest BCUT2D eigenvalue weighted by Gasteiger charge is 2.27. The predicted octanol–water partition coefficient (Wildman–Crippen LogP) is 3.33. The Morgan fingerprint density at radius 2 is 1.89 bits per heavy atom. The van der Waals surface area contributed by atoms with Crippen LogP contribution in [0.2, 0.25) is 0 Å². The molecule has 1 N–H and O–H groups in total. The monoisotopic (exact) mass is 295 g/mol. The third kappa shape index (κ3) is 7.03. The molecule has 19 heavy (non-hydrogen) atoms. The van der Waals surface area contributed by atoms with Crippen molar-refractivity contribution in [3.8, 4) is 0 Å². The number of anilines is 1. The molecule has 7 heteroatoms. The van der Waals surface area contributed by atoms with Gasteiger partial charge in [-0.3, -0.25) is 4.79 Å². The minimum atomic E-state index is -4.37. The summed E-state index contributed by atoms with van der Waals surface area (Å²) in [5.74, 6) is -0.0275. The van der Waals surface area contributed by atoms with Crippen molar-refractivity contribution in [2.24, 2.45) is 0 Å². The van der Waals surface area contributed by atoms with Gasteiger partial charge in [0.05, 0.1) is 13.0 Å². The summed E-state index contributed by atoms with van der Waals surface area (Å²) in [6.45, 7) is -1.62. The van der Waals surface area contributed by atoms with Gasteiger partial charge in [-0.15, -0.1) is 11.6 Å². The number of nitrogens with one attached hydrogen (secondary N) is 1. The molecule has 1 amide bonds. The lowest BCUT2D eigenvalue weighted by atomic mass is 10.2. The summed E-state index contributed by atoms with van der Waals surface area (Å²) in [6.07, 6.45) is -4.50. The molecule has 0 aliphatic heterocycles. The van der Waals surface area contributed by atoms with Gasteiger partial charge in [-0.05, 0) is 17.7 Å². The maximum absolute atomic E-state index is 11.8. The highest BCUT2D eigenvalue weighted by molar-refractivity contribution is 6.17. The third-order valence-corrected chi connectivity index (χ3v) is 2.44. The maximum Gasteiger partial charge on any atom is 0.411 e. The molecule has 0 saturated heterocycles. The van der Waals surface area contributed by atoms with Crippen LogP contribution in [0.1, 0.15) is 12.0 Å². The fourth-order valence-electron chi connectivity index (χ4n) is 1.25. The van der Waals surface area contributed by atoms with Gasteiger partial charge >= 0.3 is 6.18 Å². The molecule has 106 valence electrons. The zero-order chi connectivity index (χ0) is 14.3. The second kappa shape index (κ2) is 7.35. The van der Waals surface area contributed by atoms with Gasteiger partial charge in [-0.2, -0.15) is 13.2 Å². The number of hydrogen-bond donors (Lipinski definition) is 1. The second-order valence-electron chi connectivity index (χ2n) is 3.80. The van der Waals surface area contributed by atoms with Gasteiger partial charge < -0.3 is 10.1 Å². The molecular formula is C12H13ClF3NO2. The molecule has 1 aromatic rings. The van der Waals surface area contributed by atoms with Crippen LogP contribution in [0, 0.1) is 0 Å². The van der Waals surface area contributed by atoms with Crippen molar-refractivity contribution in [1.29, 1.82) is 0 Å². The van der Waals surface area contributed by atoms with E-state index >= 15 is 0 Å². The molecule has 0 aliphatic rings. The Hall–Kier alpha value is -1.27. The van der Waals surface area contributed by atoms with E-state index in [0.29, 0.717) is 11.6 Å². The molecule has 0 aromatic heterocycles. The van der Waals surface area contributed by atoms with Gasteiger partial charge in [0.25, 0.3) is 0 Å². The van der Waals surface area contributed by atoms with E-state index in [1.807, 2.05) is 0 Å². The summed E-state index contributed by atoms with van der Waals surface area (Å²) in [7, 11) is 0. The maximum atomic E-state index is 11.8. The highest BCUT2D eigenvalue weighted by Crippen LogP contribution is 2.14. The van der Waals surface area contributed by atoms with Crippen LogP contribution in [0.5, 0.6) is 0 Å². The summed E-state index contributed by atoms with van der Waals surface area (Å²) in [4.78, 5) is 11.4. The summed E-state index contributed by atoms with van der Waals surface area (Å²) >= 11 is 5.61. The first-order chi connectivity index (χ1) is 8.90. The van der Waals surface area contributed by atoms with E-state index in [2.05, 4.69) is 10.1 Å². The van der Waals surface area contributed by atoms with Crippen molar-refractivity contribution < 1.29 is 22.7 Å². The standard InChI is InChI=1S/C12H13ClF3NO2/c13-7-9-1-3-10(4-2-9)17-11(18)5-6-19-8-12(14,15)16/h1-4H,5-8H2,(H,17,18). The lowest BCUT2D eigenvalue weighted by molar-refractivity contribution is -0.174. The molecule has 1 aromatic carbocycles. The minimum absolute atomic E-state index is 0.132. The Morgan fingerprint density at radius 3 is 2.42 bits per heavy atom. The summed E-state index contributed by atoms with van der Waals surface area (Å²) in [5.41, 5.74) is 1.47. The lowest BCUT2D eigenvalue weighted by Gasteiger charge is -2.08. The number of amides is 1. The molecule has 0 unspecified atom stereocenters. The van der Waals surface area contributed by atoms with Crippen molar-refractivity contribution in [2.45, 2.75) is 18.5 Å². The van der Waals surface area contributed by atoms with Crippen molar-refractivity contribution >= 4 is 23.2 Å². The van der Waals surface area contributed by atoms with E-state index in [-0.39, 0.29) is 13.0 Å². The minimum Gasteiger partial charge on any atom is -0.372 e. The Labute approximate surface area is 113 Å². The SMILES string of the molecule is O=C(CCOCC(F)(F)F)Nc1ccc(CCl)cc1. The topological polar surface area (TPSA) is 38.3 Å². The Bertz CT molecular complexity index is 406. The van der Waals surface area contributed by atoms with Gasteiger partial charge in [-0.25, -0.2) is 0 Å². The summed E-state index contributed by atoms with van der Waals surface area (Å²) in [5, 5.41) is 2.55. The number of hydrogen-bond acceptors (Lipinski definition) is 2. The molecule has 0 fully saturated rings. The summed E-state index contributed by atoms with van der Waals surface area (Å²) < 4.78 is 39.6. The largest absolute Gasteiger partial charge is 0.411 e. The molecule has 0 atom stereocenters. The van der Waals surface area contributed by atoms with E-state index in [4.69, 9.17) is 11.6 Å². The number of halogens is 4. The van der Waals surface area contributed by atoms with Crippen molar-refractivity contribution in [3.05, 3.63) is 29.8 Å². The molecular weight excluding hydrogens is 283 g/mol. The van der Waals surface area contributed by atoms with Gasteiger partial charge in [-0.1, -0.05) is 12.1 Å². The molecule has 0 saturated carbocycles. The Balaban J connectivity index is 2.27. The Kier molecular flexibility index (Phi) is 6.11. The zero-order valence-corrected chi connectivity index (χ0v) is 10.7. The van der Waals surface area contributed by atoms with Crippen LogP contribution in [0.25, 0.3) is 0 Å². The Morgan fingerprint density at radius 1 is 1.26 bits per heavy atom. The molecule has 1 rings (SSSR count). The van der Waals surface area contributed by atoms with Crippen LogP contribution in [0.15, 0.2) is 24.3 Å². The highest BCUT2D eigenvalue weighted by atomic mass is 35.5. The van der Waals surface area contributed by atoms with Crippen molar-refractivity contribution in [3.63, 3.8) is 0 Å². The molecule has 0 radical (unpaired) electrons. The average Bonchev–Trinajstić information content (AvgIpc) is 2.34. The molecule has 0 bridgehead atoms. The van der Waals surface area contributed by atoms with E-state index in [9.17, 15) is 18.0 Å². The lowest BCUT2D eigenvalue weighted by Crippen LogP contribution is -2.20. The third-order valence-electron chi connectivity index (χ3n) is 2.13. The van der Waals surface area contributed by atoms with Crippen molar-refractivity contribution in [1.82, 2.24) is 0 Å². The summed E-state index contributed by atoms with van der Waals surface area (Å²) in [6, 6.07) is 6.85. The molecule has 0 spiro atoms. The predicted molar refractivity (Wildman–Crippen MR) is 66.1 cm³/mol. The number of rotatable bonds is 6. The first-order valence-corrected chi connectivity index (χ1v) is 6.03. The molecule has 0 heterocycles. The van der Waals surface area contributed by atoms with Crippen molar-refractivity contribution in [2.75, 3.05) is 18.5 Å². The van der Waals surface area contributed by atoms with Crippen LogP contribution in [-0.4, -0.2) is 25.3 Å². The quantitative estimate of drug-likeness (QED) is 0.646. The fourth-order valence-corrected chi connectivity index (χ4v) is 1.43. The van der Waals surface area contributed by atoms with Crippen LogP contribution in [0.4, 0.5) is 18.9 Å². The number of benzene rings is 1. The van der Waals surface area contributed by atoms with Gasteiger partial charge in [0, 0.05) is 11.6 Å². The van der Waals surface area contributed by atoms with Crippen LogP contribution in [-0.2, 0) is 15.4 Å². The van der Waals surface area contributed by atoms with Gasteiger partial charge in [0.1, 0.15) is 6.61 Å². The number of carbonyl (C=O) groups excluding carboxylic acids is 1. The average molecular weight is 296 g/mol. The van der Waals surface area contributed by atoms with Gasteiger partial charge in [0.15, 0.2) is 0 Å². The smallest absolute Gasteiger partial charge is 0.372 e. The van der Waals surface area contributed by atoms with Crippen LogP contribution >= 0.6 is 11.6 Å². The molecule has 3 nitrogen and oxygen atoms in total. The zero-order valence-electron chi connectivity index (χ0n) is 9.97. The number of alkyl halides is 4. The first-order valence-electron chi connectivity index (χ1n) is 5.50. The number of ether oxygens (including phenoxy) is 1. The normalized spacial score (nSPS) is 11.4. The van der Waals surface area contributed by atoms with E-state index in [1.54, 1.807) is 24.3 Å². The second-order valence-corrected chi connectivity index (χ2v) is 4.06. The van der Waals surface area contributed by atoms with Crippen LogP contribution in [0.3, 0.4) is 0 Å². The van der Waals surface area contributed by atoms with E-state index < -0.39 is 18.7 Å². The van der Waals surface area contributed by atoms with E-state index in [0.717, 1.165) is 5.56 Å².